The van der Waals surface area contributed by atoms with Gasteiger partial charge < -0.3 is 10.0 Å². The van der Waals surface area contributed by atoms with Crippen molar-refractivity contribution in [3.63, 3.8) is 0 Å². The van der Waals surface area contributed by atoms with Crippen molar-refractivity contribution >= 4 is 5.97 Å². The molecule has 0 aliphatic heterocycles. The van der Waals surface area contributed by atoms with Crippen LogP contribution in [0.1, 0.15) is 40.0 Å². The van der Waals surface area contributed by atoms with E-state index in [4.69, 9.17) is 10.4 Å². The molecular formula is C13H24N2O2. The van der Waals surface area contributed by atoms with Gasteiger partial charge in [-0.15, -0.1) is 0 Å². The summed E-state index contributed by atoms with van der Waals surface area (Å²) in [5.41, 5.74) is -0.243. The molecule has 0 aromatic rings. The average Bonchev–Trinajstić information content (AvgIpc) is 2.24. The highest BCUT2D eigenvalue weighted by atomic mass is 16.4. The van der Waals surface area contributed by atoms with Crippen molar-refractivity contribution in [1.29, 1.82) is 5.26 Å². The molecule has 17 heavy (non-hydrogen) atoms. The fraction of sp³-hybridized carbons (Fsp3) is 0.846. The lowest BCUT2D eigenvalue weighted by Crippen LogP contribution is -2.29. The molecule has 0 aliphatic rings. The van der Waals surface area contributed by atoms with E-state index >= 15 is 0 Å². The quantitative estimate of drug-likeness (QED) is 0.661. The van der Waals surface area contributed by atoms with Crippen molar-refractivity contribution in [2.45, 2.75) is 40.0 Å². The summed E-state index contributed by atoms with van der Waals surface area (Å²) in [5.74, 6) is -1.07. The molecule has 0 radical (unpaired) electrons. The van der Waals surface area contributed by atoms with E-state index < -0.39 is 5.97 Å². The Kier molecular flexibility index (Phi) is 6.82. The molecule has 4 nitrogen and oxygen atoms in total. The number of rotatable bonds is 8. The lowest BCUT2D eigenvalue weighted by Gasteiger charge is -2.20. The zero-order chi connectivity index (χ0) is 13.5. The first kappa shape index (κ1) is 15.9. The molecule has 0 rings (SSSR count). The molecule has 0 aliphatic carbocycles. The molecule has 0 fully saturated rings. The van der Waals surface area contributed by atoms with Crippen molar-refractivity contribution in [3.8, 4) is 6.07 Å². The fourth-order valence-electron chi connectivity index (χ4n) is 1.64. The minimum atomic E-state index is -0.748. The monoisotopic (exact) mass is 240 g/mol. The Morgan fingerprint density at radius 3 is 2.53 bits per heavy atom. The van der Waals surface area contributed by atoms with Gasteiger partial charge in [-0.2, -0.15) is 5.26 Å². The van der Waals surface area contributed by atoms with E-state index in [1.807, 2.05) is 25.8 Å². The van der Waals surface area contributed by atoms with Gasteiger partial charge in [0.05, 0.1) is 17.4 Å². The van der Waals surface area contributed by atoms with Gasteiger partial charge in [-0.3, -0.25) is 4.79 Å². The molecule has 0 aromatic heterocycles. The smallest absolute Gasteiger partial charge is 0.307 e. The van der Waals surface area contributed by atoms with Gasteiger partial charge in [-0.1, -0.05) is 13.3 Å². The normalized spacial score (nSPS) is 13.4. The van der Waals surface area contributed by atoms with Crippen molar-refractivity contribution in [2.24, 2.45) is 11.3 Å². The maximum absolute atomic E-state index is 10.7. The lowest BCUT2D eigenvalue weighted by atomic mass is 9.89. The average molecular weight is 240 g/mol. The molecule has 0 heterocycles. The summed E-state index contributed by atoms with van der Waals surface area (Å²) in [6.07, 6.45) is 2.91. The second-order valence-electron chi connectivity index (χ2n) is 5.45. The molecule has 0 spiro atoms. The Morgan fingerprint density at radius 1 is 1.47 bits per heavy atom. The molecule has 0 amide bonds. The van der Waals surface area contributed by atoms with Crippen LogP contribution in [0.4, 0.5) is 0 Å². The minimum Gasteiger partial charge on any atom is -0.481 e. The van der Waals surface area contributed by atoms with Crippen molar-refractivity contribution in [2.75, 3.05) is 20.1 Å². The number of nitriles is 1. The third-order valence-electron chi connectivity index (χ3n) is 2.90. The molecule has 0 saturated carbocycles. The summed E-state index contributed by atoms with van der Waals surface area (Å²) in [6.45, 7) is 7.08. The van der Waals surface area contributed by atoms with Crippen LogP contribution >= 0.6 is 0 Å². The van der Waals surface area contributed by atoms with E-state index in [2.05, 4.69) is 6.07 Å². The Balaban J connectivity index is 3.69. The van der Waals surface area contributed by atoms with E-state index in [1.54, 1.807) is 6.92 Å². The van der Waals surface area contributed by atoms with Gasteiger partial charge in [0, 0.05) is 6.54 Å². The highest BCUT2D eigenvalue weighted by molar-refractivity contribution is 5.69. The third-order valence-corrected chi connectivity index (χ3v) is 2.90. The summed E-state index contributed by atoms with van der Waals surface area (Å²) < 4.78 is 0. The topological polar surface area (TPSA) is 64.3 Å². The van der Waals surface area contributed by atoms with Crippen molar-refractivity contribution in [3.05, 3.63) is 0 Å². The Hall–Kier alpha value is -1.08. The third kappa shape index (κ3) is 7.76. The first-order chi connectivity index (χ1) is 7.78. The minimum absolute atomic E-state index is 0.243. The van der Waals surface area contributed by atoms with Gasteiger partial charge in [0.25, 0.3) is 0 Å². The molecule has 1 unspecified atom stereocenters. The number of hydrogen-bond donors (Lipinski definition) is 1. The predicted octanol–water partition coefficient (Wildman–Crippen LogP) is 2.36. The highest BCUT2D eigenvalue weighted by Gasteiger charge is 2.16. The largest absolute Gasteiger partial charge is 0.481 e. The van der Waals surface area contributed by atoms with Crippen LogP contribution in [0.15, 0.2) is 0 Å². The zero-order valence-corrected chi connectivity index (χ0v) is 11.4. The molecule has 0 saturated heterocycles. The summed E-state index contributed by atoms with van der Waals surface area (Å²) in [4.78, 5) is 12.7. The molecule has 1 N–H and O–H groups in total. The number of carboxylic acids is 1. The first-order valence-electron chi connectivity index (χ1n) is 6.11. The molecule has 4 heteroatoms. The second-order valence-corrected chi connectivity index (χ2v) is 5.45. The van der Waals surface area contributed by atoms with Crippen LogP contribution in [-0.2, 0) is 4.79 Å². The summed E-state index contributed by atoms with van der Waals surface area (Å²) in [6, 6.07) is 2.29. The van der Waals surface area contributed by atoms with Gasteiger partial charge in [-0.05, 0) is 40.3 Å². The van der Waals surface area contributed by atoms with Crippen LogP contribution in [0, 0.1) is 22.7 Å². The number of carbonyl (C=O) groups is 1. The number of carboxylic acid groups (broad SMARTS) is 1. The van der Waals surface area contributed by atoms with E-state index in [9.17, 15) is 4.79 Å². The second kappa shape index (κ2) is 7.29. The summed E-state index contributed by atoms with van der Waals surface area (Å²) >= 11 is 0. The van der Waals surface area contributed by atoms with Crippen molar-refractivity contribution in [1.82, 2.24) is 4.90 Å². The van der Waals surface area contributed by atoms with Crippen molar-refractivity contribution < 1.29 is 9.90 Å². The maximum atomic E-state index is 10.7. The van der Waals surface area contributed by atoms with E-state index in [0.717, 1.165) is 25.8 Å². The molecule has 98 valence electrons. The SMILES string of the molecule is CC(CN(C)CCCCC(C)(C)C#N)C(=O)O. The molecule has 1 atom stereocenters. The standard InChI is InChI=1S/C13H24N2O2/c1-11(12(16)17)9-15(4)8-6-5-7-13(2,3)10-14/h11H,5-9H2,1-4H3,(H,16,17). The Labute approximate surface area is 104 Å². The van der Waals surface area contributed by atoms with Gasteiger partial charge in [0.2, 0.25) is 0 Å². The first-order valence-corrected chi connectivity index (χ1v) is 6.11. The highest BCUT2D eigenvalue weighted by Crippen LogP contribution is 2.21. The molecule has 0 aromatic carbocycles. The van der Waals surface area contributed by atoms with Gasteiger partial charge in [-0.25, -0.2) is 0 Å². The number of hydrogen-bond acceptors (Lipinski definition) is 3. The summed E-state index contributed by atoms with van der Waals surface area (Å²) in [5, 5.41) is 17.6. The number of nitrogens with zero attached hydrogens (tertiary/aromatic N) is 2. The van der Waals surface area contributed by atoms with Crippen LogP contribution < -0.4 is 0 Å². The Morgan fingerprint density at radius 2 is 2.06 bits per heavy atom. The van der Waals surface area contributed by atoms with Crippen LogP contribution in [0.5, 0.6) is 0 Å². The maximum Gasteiger partial charge on any atom is 0.307 e. The molecular weight excluding hydrogens is 216 g/mol. The zero-order valence-electron chi connectivity index (χ0n) is 11.4. The van der Waals surface area contributed by atoms with Gasteiger partial charge in [0.1, 0.15) is 0 Å². The Bertz CT molecular complexity index is 282. The van der Waals surface area contributed by atoms with Crippen LogP contribution in [-0.4, -0.2) is 36.1 Å². The van der Waals surface area contributed by atoms with Gasteiger partial charge >= 0.3 is 5.97 Å². The van der Waals surface area contributed by atoms with Crippen LogP contribution in [0.3, 0.4) is 0 Å². The van der Waals surface area contributed by atoms with E-state index in [0.29, 0.717) is 6.54 Å². The molecule has 0 bridgehead atoms. The van der Waals surface area contributed by atoms with Gasteiger partial charge in [0.15, 0.2) is 0 Å². The predicted molar refractivity (Wildman–Crippen MR) is 67.5 cm³/mol. The van der Waals surface area contributed by atoms with Crippen LogP contribution in [0.25, 0.3) is 0 Å². The fourth-order valence-corrected chi connectivity index (χ4v) is 1.64. The van der Waals surface area contributed by atoms with Crippen LogP contribution in [0.2, 0.25) is 0 Å². The number of unbranched alkanes of at least 4 members (excludes halogenated alkanes) is 1. The summed E-state index contributed by atoms with van der Waals surface area (Å²) in [7, 11) is 1.94. The lowest BCUT2D eigenvalue weighted by molar-refractivity contribution is -0.141. The van der Waals surface area contributed by atoms with E-state index in [1.165, 1.54) is 0 Å². The number of aliphatic carboxylic acids is 1. The van der Waals surface area contributed by atoms with E-state index in [-0.39, 0.29) is 11.3 Å².